The molecule has 1 aromatic heterocycles. The topological polar surface area (TPSA) is 57.9 Å². The highest BCUT2D eigenvalue weighted by Gasteiger charge is 2.12. The van der Waals surface area contributed by atoms with Crippen LogP contribution >= 0.6 is 0 Å². The van der Waals surface area contributed by atoms with E-state index in [0.717, 1.165) is 5.56 Å². The van der Waals surface area contributed by atoms with Crippen molar-refractivity contribution < 1.29 is 18.6 Å². The second-order valence-corrected chi connectivity index (χ2v) is 6.61. The third-order valence-electron chi connectivity index (χ3n) is 4.53. The summed E-state index contributed by atoms with van der Waals surface area (Å²) in [6, 6.07) is 20.4. The highest BCUT2D eigenvalue weighted by atomic mass is 16.5. The first-order valence-corrected chi connectivity index (χ1v) is 9.19. The Bertz CT molecular complexity index is 1190. The SMILES string of the molecule is COc1ccccc1Oc1coc2cc(OCc3ccc(C)cc3)ccc2c1=O. The Morgan fingerprint density at radius 1 is 0.897 bits per heavy atom. The Kier molecular flexibility index (Phi) is 5.20. The zero-order chi connectivity index (χ0) is 20.2. The number of benzene rings is 3. The number of hydrogen-bond donors (Lipinski definition) is 0. The third-order valence-corrected chi connectivity index (χ3v) is 4.53. The van der Waals surface area contributed by atoms with E-state index >= 15 is 0 Å². The van der Waals surface area contributed by atoms with Gasteiger partial charge in [0.1, 0.15) is 24.2 Å². The molecule has 0 fully saturated rings. The lowest BCUT2D eigenvalue weighted by molar-refractivity contribution is 0.306. The van der Waals surface area contributed by atoms with Gasteiger partial charge in [-0.3, -0.25) is 4.79 Å². The summed E-state index contributed by atoms with van der Waals surface area (Å²) in [4.78, 5) is 12.8. The maximum Gasteiger partial charge on any atom is 0.235 e. The summed E-state index contributed by atoms with van der Waals surface area (Å²) in [6.45, 7) is 2.48. The highest BCUT2D eigenvalue weighted by Crippen LogP contribution is 2.30. The second-order valence-electron chi connectivity index (χ2n) is 6.61. The van der Waals surface area contributed by atoms with Crippen LogP contribution in [-0.4, -0.2) is 7.11 Å². The van der Waals surface area contributed by atoms with Crippen LogP contribution in [0.4, 0.5) is 0 Å². The number of para-hydroxylation sites is 2. The summed E-state index contributed by atoms with van der Waals surface area (Å²) in [5.74, 6) is 1.70. The average molecular weight is 388 g/mol. The van der Waals surface area contributed by atoms with Gasteiger partial charge in [0.15, 0.2) is 11.5 Å². The van der Waals surface area contributed by atoms with Gasteiger partial charge in [0.25, 0.3) is 0 Å². The van der Waals surface area contributed by atoms with Crippen LogP contribution in [0.2, 0.25) is 0 Å². The van der Waals surface area contributed by atoms with E-state index in [1.54, 1.807) is 43.5 Å². The first-order chi connectivity index (χ1) is 14.1. The molecule has 0 unspecified atom stereocenters. The summed E-state index contributed by atoms with van der Waals surface area (Å²) in [5.41, 5.74) is 2.44. The van der Waals surface area contributed by atoms with E-state index in [1.807, 2.05) is 37.3 Å². The van der Waals surface area contributed by atoms with Crippen LogP contribution in [0.5, 0.6) is 23.0 Å². The smallest absolute Gasteiger partial charge is 0.235 e. The lowest BCUT2D eigenvalue weighted by Gasteiger charge is -2.10. The molecule has 0 radical (unpaired) electrons. The quantitative estimate of drug-likeness (QED) is 0.438. The van der Waals surface area contributed by atoms with Crippen LogP contribution in [0, 0.1) is 6.92 Å². The van der Waals surface area contributed by atoms with Gasteiger partial charge in [0, 0.05) is 6.07 Å². The zero-order valence-corrected chi connectivity index (χ0v) is 16.2. The van der Waals surface area contributed by atoms with Gasteiger partial charge in [-0.25, -0.2) is 0 Å². The van der Waals surface area contributed by atoms with Gasteiger partial charge >= 0.3 is 0 Å². The van der Waals surface area contributed by atoms with Gasteiger partial charge in [0.05, 0.1) is 12.5 Å². The molecule has 0 amide bonds. The number of fused-ring (bicyclic) bond motifs is 1. The summed E-state index contributed by atoms with van der Waals surface area (Å²) >= 11 is 0. The molecule has 0 bridgehead atoms. The lowest BCUT2D eigenvalue weighted by atomic mass is 10.2. The van der Waals surface area contributed by atoms with Crippen molar-refractivity contribution in [3.05, 3.63) is 94.3 Å². The predicted molar refractivity (Wildman–Crippen MR) is 111 cm³/mol. The van der Waals surface area contributed by atoms with Crippen molar-refractivity contribution in [1.82, 2.24) is 0 Å². The van der Waals surface area contributed by atoms with Crippen LogP contribution < -0.4 is 19.6 Å². The molecule has 0 N–H and O–H groups in total. The Balaban J connectivity index is 1.56. The highest BCUT2D eigenvalue weighted by molar-refractivity contribution is 5.79. The number of hydrogen-bond acceptors (Lipinski definition) is 5. The fraction of sp³-hybridized carbons (Fsp3) is 0.125. The molecule has 5 heteroatoms. The van der Waals surface area contributed by atoms with E-state index in [2.05, 4.69) is 0 Å². The number of aryl methyl sites for hydroxylation is 1. The van der Waals surface area contributed by atoms with E-state index in [4.69, 9.17) is 18.6 Å². The van der Waals surface area contributed by atoms with E-state index in [9.17, 15) is 4.79 Å². The van der Waals surface area contributed by atoms with E-state index in [1.165, 1.54) is 11.8 Å². The Morgan fingerprint density at radius 3 is 2.41 bits per heavy atom. The Labute approximate surface area is 168 Å². The molecule has 0 spiro atoms. The molecule has 0 aliphatic rings. The Hall–Kier alpha value is -3.73. The van der Waals surface area contributed by atoms with E-state index < -0.39 is 0 Å². The monoisotopic (exact) mass is 388 g/mol. The van der Waals surface area contributed by atoms with Gasteiger partial charge in [0.2, 0.25) is 11.2 Å². The first kappa shape index (κ1) is 18.6. The molecule has 4 aromatic rings. The fourth-order valence-electron chi connectivity index (χ4n) is 2.92. The fourth-order valence-corrected chi connectivity index (χ4v) is 2.92. The minimum absolute atomic E-state index is 0.0929. The first-order valence-electron chi connectivity index (χ1n) is 9.19. The second kappa shape index (κ2) is 8.10. The van der Waals surface area contributed by atoms with Crippen LogP contribution in [0.3, 0.4) is 0 Å². The lowest BCUT2D eigenvalue weighted by Crippen LogP contribution is -2.05. The molecule has 29 heavy (non-hydrogen) atoms. The molecule has 0 saturated carbocycles. The molecule has 5 nitrogen and oxygen atoms in total. The minimum atomic E-state index is -0.262. The summed E-state index contributed by atoms with van der Waals surface area (Å²) in [5, 5.41) is 0.417. The van der Waals surface area contributed by atoms with Crippen LogP contribution in [-0.2, 0) is 6.61 Å². The number of methoxy groups -OCH3 is 1. The molecule has 0 aliphatic heterocycles. The minimum Gasteiger partial charge on any atom is -0.493 e. The van der Waals surface area contributed by atoms with E-state index in [0.29, 0.717) is 34.8 Å². The van der Waals surface area contributed by atoms with Crippen molar-refractivity contribution in [2.45, 2.75) is 13.5 Å². The van der Waals surface area contributed by atoms with Crippen LogP contribution in [0.25, 0.3) is 11.0 Å². The third kappa shape index (κ3) is 4.09. The molecule has 146 valence electrons. The standard InChI is InChI=1S/C24H20O5/c1-16-7-9-17(10-8-16)14-27-18-11-12-19-22(13-18)28-15-23(24(19)25)29-21-6-4-3-5-20(21)26-2/h3-13,15H,14H2,1-2H3. The van der Waals surface area contributed by atoms with Crippen LogP contribution in [0.1, 0.15) is 11.1 Å². The largest absolute Gasteiger partial charge is 0.493 e. The van der Waals surface area contributed by atoms with Crippen molar-refractivity contribution in [3.8, 4) is 23.0 Å². The molecular formula is C24H20O5. The molecule has 3 aromatic carbocycles. The molecule has 0 saturated heterocycles. The maximum absolute atomic E-state index is 12.8. The van der Waals surface area contributed by atoms with Crippen LogP contribution in [0.15, 0.2) is 82.2 Å². The van der Waals surface area contributed by atoms with Crippen molar-refractivity contribution >= 4 is 11.0 Å². The van der Waals surface area contributed by atoms with E-state index in [-0.39, 0.29) is 11.2 Å². The van der Waals surface area contributed by atoms with Gasteiger partial charge in [-0.2, -0.15) is 0 Å². The number of rotatable bonds is 6. The van der Waals surface area contributed by atoms with Crippen molar-refractivity contribution in [3.63, 3.8) is 0 Å². The molecular weight excluding hydrogens is 368 g/mol. The maximum atomic E-state index is 12.8. The van der Waals surface area contributed by atoms with Crippen molar-refractivity contribution in [2.24, 2.45) is 0 Å². The van der Waals surface area contributed by atoms with Gasteiger partial charge < -0.3 is 18.6 Å². The zero-order valence-electron chi connectivity index (χ0n) is 16.2. The predicted octanol–water partition coefficient (Wildman–Crippen LogP) is 5.48. The molecule has 0 aliphatic carbocycles. The van der Waals surface area contributed by atoms with Crippen molar-refractivity contribution in [1.29, 1.82) is 0 Å². The molecule has 4 rings (SSSR count). The average Bonchev–Trinajstić information content (AvgIpc) is 2.75. The molecule has 1 heterocycles. The normalized spacial score (nSPS) is 10.7. The summed E-state index contributed by atoms with van der Waals surface area (Å²) in [7, 11) is 1.54. The van der Waals surface area contributed by atoms with Gasteiger partial charge in [-0.1, -0.05) is 42.0 Å². The molecule has 0 atom stereocenters. The summed E-state index contributed by atoms with van der Waals surface area (Å²) < 4.78 is 22.4. The van der Waals surface area contributed by atoms with Crippen molar-refractivity contribution in [2.75, 3.05) is 7.11 Å². The Morgan fingerprint density at radius 2 is 1.66 bits per heavy atom. The van der Waals surface area contributed by atoms with Gasteiger partial charge in [-0.05, 0) is 36.8 Å². The summed E-state index contributed by atoms with van der Waals surface area (Å²) in [6.07, 6.45) is 1.31. The number of ether oxygens (including phenoxy) is 3. The van der Waals surface area contributed by atoms with Gasteiger partial charge in [-0.15, -0.1) is 0 Å².